The lowest BCUT2D eigenvalue weighted by molar-refractivity contribution is -0.136. The number of hydrogen-bond acceptors (Lipinski definition) is 5. The van der Waals surface area contributed by atoms with Crippen LogP contribution in [0.25, 0.3) is 0 Å². The SMILES string of the molecule is CCOc1ccc(/C=N\NC(=O)C(=O)Nc2cccc(Cl)c2Cl)cc1OC. The maximum absolute atomic E-state index is 11.9. The summed E-state index contributed by atoms with van der Waals surface area (Å²) >= 11 is 11.8. The van der Waals surface area contributed by atoms with Crippen LogP contribution in [0, 0.1) is 0 Å². The van der Waals surface area contributed by atoms with Gasteiger partial charge in [0.05, 0.1) is 35.7 Å². The first-order valence-corrected chi connectivity index (χ1v) is 8.61. The van der Waals surface area contributed by atoms with Crippen LogP contribution < -0.4 is 20.2 Å². The second-order valence-electron chi connectivity index (χ2n) is 5.10. The summed E-state index contributed by atoms with van der Waals surface area (Å²) in [4.78, 5) is 23.7. The smallest absolute Gasteiger partial charge is 0.329 e. The monoisotopic (exact) mass is 409 g/mol. The number of halogens is 2. The van der Waals surface area contributed by atoms with Gasteiger partial charge in [0, 0.05) is 0 Å². The molecular formula is C18H17Cl2N3O4. The van der Waals surface area contributed by atoms with Crippen molar-refractivity contribution in [1.82, 2.24) is 5.43 Å². The summed E-state index contributed by atoms with van der Waals surface area (Å²) in [5.74, 6) is -0.764. The Morgan fingerprint density at radius 1 is 1.15 bits per heavy atom. The number of carbonyl (C=O) groups is 2. The predicted octanol–water partition coefficient (Wildman–Crippen LogP) is 3.49. The van der Waals surface area contributed by atoms with Gasteiger partial charge in [-0.15, -0.1) is 0 Å². The Labute approximate surface area is 166 Å². The van der Waals surface area contributed by atoms with Crippen molar-refractivity contribution in [3.63, 3.8) is 0 Å². The number of rotatable bonds is 6. The molecule has 0 unspecified atom stereocenters. The van der Waals surface area contributed by atoms with Gasteiger partial charge in [-0.05, 0) is 42.8 Å². The number of nitrogens with one attached hydrogen (secondary N) is 2. The third-order valence-electron chi connectivity index (χ3n) is 3.27. The minimum Gasteiger partial charge on any atom is -0.493 e. The zero-order valence-electron chi connectivity index (χ0n) is 14.6. The van der Waals surface area contributed by atoms with Crippen molar-refractivity contribution in [3.8, 4) is 11.5 Å². The fraction of sp³-hybridized carbons (Fsp3) is 0.167. The molecule has 27 heavy (non-hydrogen) atoms. The Morgan fingerprint density at radius 2 is 1.93 bits per heavy atom. The van der Waals surface area contributed by atoms with Crippen LogP contribution in [0.1, 0.15) is 12.5 Å². The van der Waals surface area contributed by atoms with E-state index in [9.17, 15) is 9.59 Å². The van der Waals surface area contributed by atoms with E-state index in [1.54, 1.807) is 30.3 Å². The summed E-state index contributed by atoms with van der Waals surface area (Å²) in [5.41, 5.74) is 3.01. The van der Waals surface area contributed by atoms with Crippen LogP contribution in [-0.2, 0) is 9.59 Å². The number of ether oxygens (including phenoxy) is 2. The van der Waals surface area contributed by atoms with Gasteiger partial charge in [0.1, 0.15) is 0 Å². The highest BCUT2D eigenvalue weighted by atomic mass is 35.5. The summed E-state index contributed by atoms with van der Waals surface area (Å²) in [7, 11) is 1.52. The van der Waals surface area contributed by atoms with Crippen LogP contribution in [0.3, 0.4) is 0 Å². The molecule has 0 aliphatic rings. The van der Waals surface area contributed by atoms with Gasteiger partial charge in [-0.25, -0.2) is 5.43 Å². The van der Waals surface area contributed by atoms with Crippen LogP contribution in [0.15, 0.2) is 41.5 Å². The van der Waals surface area contributed by atoms with Gasteiger partial charge >= 0.3 is 11.8 Å². The zero-order valence-corrected chi connectivity index (χ0v) is 16.1. The van der Waals surface area contributed by atoms with Crippen molar-refractivity contribution in [3.05, 3.63) is 52.0 Å². The van der Waals surface area contributed by atoms with Crippen molar-refractivity contribution in [2.24, 2.45) is 5.10 Å². The Hall–Kier alpha value is -2.77. The van der Waals surface area contributed by atoms with Crippen molar-refractivity contribution >= 4 is 46.9 Å². The molecule has 142 valence electrons. The lowest BCUT2D eigenvalue weighted by Gasteiger charge is -2.09. The highest BCUT2D eigenvalue weighted by Gasteiger charge is 2.15. The molecule has 0 radical (unpaired) electrons. The predicted molar refractivity (Wildman–Crippen MR) is 105 cm³/mol. The van der Waals surface area contributed by atoms with Gasteiger partial charge in [-0.1, -0.05) is 29.3 Å². The van der Waals surface area contributed by atoms with Crippen molar-refractivity contribution < 1.29 is 19.1 Å². The average molecular weight is 410 g/mol. The maximum atomic E-state index is 11.9. The molecule has 2 aromatic carbocycles. The van der Waals surface area contributed by atoms with Crippen molar-refractivity contribution in [1.29, 1.82) is 0 Å². The lowest BCUT2D eigenvalue weighted by atomic mass is 10.2. The Kier molecular flexibility index (Phi) is 7.45. The zero-order chi connectivity index (χ0) is 19.8. The van der Waals surface area contributed by atoms with E-state index in [0.29, 0.717) is 23.7 Å². The topological polar surface area (TPSA) is 89.0 Å². The van der Waals surface area contributed by atoms with Crippen molar-refractivity contribution in [2.75, 3.05) is 19.0 Å². The molecule has 0 aliphatic heterocycles. The fourth-order valence-corrected chi connectivity index (χ4v) is 2.38. The molecule has 0 heterocycles. The number of amides is 2. The molecule has 2 rings (SSSR count). The van der Waals surface area contributed by atoms with E-state index >= 15 is 0 Å². The van der Waals surface area contributed by atoms with Crippen LogP contribution >= 0.6 is 23.2 Å². The maximum Gasteiger partial charge on any atom is 0.329 e. The van der Waals surface area contributed by atoms with Crippen LogP contribution in [0.4, 0.5) is 5.69 Å². The molecule has 0 aromatic heterocycles. The normalized spacial score (nSPS) is 10.5. The van der Waals surface area contributed by atoms with E-state index in [1.807, 2.05) is 6.92 Å². The molecule has 9 heteroatoms. The first-order chi connectivity index (χ1) is 13.0. The number of nitrogens with zero attached hydrogens (tertiary/aromatic N) is 1. The average Bonchev–Trinajstić information content (AvgIpc) is 2.66. The molecule has 7 nitrogen and oxygen atoms in total. The first-order valence-electron chi connectivity index (χ1n) is 7.85. The van der Waals surface area contributed by atoms with E-state index in [0.717, 1.165) is 0 Å². The minimum absolute atomic E-state index is 0.144. The lowest BCUT2D eigenvalue weighted by Crippen LogP contribution is -2.32. The van der Waals surface area contributed by atoms with Gasteiger partial charge in [-0.2, -0.15) is 5.10 Å². The summed E-state index contributed by atoms with van der Waals surface area (Å²) in [6.07, 6.45) is 1.37. The number of anilines is 1. The molecule has 2 amide bonds. The summed E-state index contributed by atoms with van der Waals surface area (Å²) in [6.45, 7) is 2.37. The van der Waals surface area contributed by atoms with Gasteiger partial charge in [0.25, 0.3) is 0 Å². The minimum atomic E-state index is -0.958. The quantitative estimate of drug-likeness (QED) is 0.434. The standard InChI is InChI=1S/C18H17Cl2N3O4/c1-3-27-14-8-7-11(9-15(14)26-2)10-21-23-18(25)17(24)22-13-6-4-5-12(19)16(13)20/h4-10H,3H2,1-2H3,(H,22,24)(H,23,25)/b21-10-. The molecule has 0 spiro atoms. The number of hydrogen-bond donors (Lipinski definition) is 2. The summed E-state index contributed by atoms with van der Waals surface area (Å²) in [5, 5.41) is 6.52. The van der Waals surface area contributed by atoms with Crippen LogP contribution in [0.5, 0.6) is 11.5 Å². The van der Waals surface area contributed by atoms with Crippen LogP contribution in [0.2, 0.25) is 10.0 Å². The van der Waals surface area contributed by atoms with Gasteiger partial charge in [-0.3, -0.25) is 9.59 Å². The molecule has 0 aliphatic carbocycles. The largest absolute Gasteiger partial charge is 0.493 e. The summed E-state index contributed by atoms with van der Waals surface area (Å²) in [6, 6.07) is 9.82. The number of benzene rings is 2. The Morgan fingerprint density at radius 3 is 2.63 bits per heavy atom. The molecule has 2 aromatic rings. The highest BCUT2D eigenvalue weighted by molar-refractivity contribution is 6.45. The highest BCUT2D eigenvalue weighted by Crippen LogP contribution is 2.29. The number of hydrazone groups is 1. The van der Waals surface area contributed by atoms with E-state index in [1.165, 1.54) is 19.4 Å². The fourth-order valence-electron chi connectivity index (χ4n) is 2.03. The molecular weight excluding hydrogens is 393 g/mol. The third-order valence-corrected chi connectivity index (χ3v) is 4.09. The number of carbonyl (C=O) groups excluding carboxylic acids is 2. The molecule has 0 bridgehead atoms. The van der Waals surface area contributed by atoms with Crippen molar-refractivity contribution in [2.45, 2.75) is 6.92 Å². The van der Waals surface area contributed by atoms with E-state index in [-0.39, 0.29) is 15.7 Å². The molecule has 0 atom stereocenters. The second-order valence-corrected chi connectivity index (χ2v) is 5.88. The Balaban J connectivity index is 1.98. The Bertz CT molecular complexity index is 872. The molecule has 2 N–H and O–H groups in total. The van der Waals surface area contributed by atoms with E-state index < -0.39 is 11.8 Å². The molecule has 0 saturated heterocycles. The summed E-state index contributed by atoms with van der Waals surface area (Å²) < 4.78 is 10.6. The number of methoxy groups -OCH3 is 1. The molecule has 0 fully saturated rings. The first kappa shape index (κ1) is 20.5. The van der Waals surface area contributed by atoms with E-state index in [2.05, 4.69) is 15.8 Å². The second kappa shape index (κ2) is 9.80. The third kappa shape index (κ3) is 5.60. The van der Waals surface area contributed by atoms with Crippen LogP contribution in [-0.4, -0.2) is 31.7 Å². The molecule has 0 saturated carbocycles. The van der Waals surface area contributed by atoms with Gasteiger partial charge < -0.3 is 14.8 Å². The van der Waals surface area contributed by atoms with E-state index in [4.69, 9.17) is 32.7 Å². The van der Waals surface area contributed by atoms with Gasteiger partial charge in [0.15, 0.2) is 11.5 Å². The van der Waals surface area contributed by atoms with Gasteiger partial charge in [0.2, 0.25) is 0 Å².